The normalized spacial score (nSPS) is 10.5. The van der Waals surface area contributed by atoms with Gasteiger partial charge in [0.2, 0.25) is 5.75 Å². The molecule has 2 aromatic rings. The van der Waals surface area contributed by atoms with Crippen molar-refractivity contribution >= 4 is 0 Å². The molecular weight excluding hydrogens is 316 g/mol. The maximum atomic E-state index is 9.36. The number of phenolic OH excluding ortho intramolecular Hbond substituents is 5. The minimum atomic E-state index is -0.572. The molecule has 0 aliphatic carbocycles. The van der Waals surface area contributed by atoms with Gasteiger partial charge in [-0.05, 0) is 19.3 Å². The number of unbranched alkanes of at least 4 members (excludes halogenated alkanes) is 2. The van der Waals surface area contributed by atoms with Gasteiger partial charge in [0.05, 0.1) is 13.2 Å². The van der Waals surface area contributed by atoms with Gasteiger partial charge in [-0.15, -0.1) is 0 Å². The van der Waals surface area contributed by atoms with Crippen molar-refractivity contribution in [1.82, 2.24) is 0 Å². The van der Waals surface area contributed by atoms with E-state index >= 15 is 0 Å². The molecular formula is C17H20O7. The van der Waals surface area contributed by atoms with Crippen LogP contribution in [0.15, 0.2) is 30.3 Å². The molecule has 7 nitrogen and oxygen atoms in total. The number of aromatic hydroxyl groups is 5. The third-order valence-electron chi connectivity index (χ3n) is 3.25. The molecule has 0 heterocycles. The number of hydrogen-bond acceptors (Lipinski definition) is 7. The molecule has 0 saturated carbocycles. The van der Waals surface area contributed by atoms with E-state index in [0.717, 1.165) is 19.3 Å². The molecule has 0 spiro atoms. The molecule has 2 rings (SSSR count). The first-order valence-corrected chi connectivity index (χ1v) is 7.49. The first-order valence-electron chi connectivity index (χ1n) is 7.49. The third-order valence-corrected chi connectivity index (χ3v) is 3.25. The Morgan fingerprint density at radius 2 is 1.04 bits per heavy atom. The van der Waals surface area contributed by atoms with Crippen molar-refractivity contribution in [3.63, 3.8) is 0 Å². The van der Waals surface area contributed by atoms with Crippen LogP contribution in [0.3, 0.4) is 0 Å². The van der Waals surface area contributed by atoms with E-state index in [9.17, 15) is 25.5 Å². The zero-order chi connectivity index (χ0) is 17.5. The summed E-state index contributed by atoms with van der Waals surface area (Å²) in [6.07, 6.45) is 2.31. The minimum Gasteiger partial charge on any atom is -0.508 e. The number of hydrogen-bond donors (Lipinski definition) is 5. The van der Waals surface area contributed by atoms with Crippen molar-refractivity contribution < 1.29 is 35.0 Å². The van der Waals surface area contributed by atoms with Gasteiger partial charge in [-0.25, -0.2) is 0 Å². The molecule has 0 amide bonds. The maximum Gasteiger partial charge on any atom is 0.200 e. The van der Waals surface area contributed by atoms with Gasteiger partial charge in [0.15, 0.2) is 11.5 Å². The molecule has 5 N–H and O–H groups in total. The fourth-order valence-electron chi connectivity index (χ4n) is 2.07. The zero-order valence-corrected chi connectivity index (χ0v) is 13.0. The molecule has 0 saturated heterocycles. The predicted molar refractivity (Wildman–Crippen MR) is 86.0 cm³/mol. The Bertz CT molecular complexity index is 641. The highest BCUT2D eigenvalue weighted by atomic mass is 16.5. The Kier molecular flexibility index (Phi) is 5.83. The van der Waals surface area contributed by atoms with Crippen LogP contribution >= 0.6 is 0 Å². The van der Waals surface area contributed by atoms with Crippen LogP contribution in [-0.2, 0) is 0 Å². The topological polar surface area (TPSA) is 120 Å². The standard InChI is InChI=1S/C17H20O7/c18-11-6-12(19)8-13(7-11)23-4-2-1-3-5-24-14-9-15(20)17(22)16(21)10-14/h6-10,18-22H,1-5H2. The van der Waals surface area contributed by atoms with Crippen molar-refractivity contribution in [3.8, 4) is 40.2 Å². The average Bonchev–Trinajstić information content (AvgIpc) is 2.50. The SMILES string of the molecule is Oc1cc(O)cc(OCCCCCOc2cc(O)c(O)c(O)c2)c1. The number of phenols is 5. The highest BCUT2D eigenvalue weighted by molar-refractivity contribution is 5.53. The van der Waals surface area contributed by atoms with Crippen LogP contribution in [0.2, 0.25) is 0 Å². The van der Waals surface area contributed by atoms with Gasteiger partial charge >= 0.3 is 0 Å². The summed E-state index contributed by atoms with van der Waals surface area (Å²) in [7, 11) is 0. The van der Waals surface area contributed by atoms with Crippen LogP contribution in [0.1, 0.15) is 19.3 Å². The molecule has 0 unspecified atom stereocenters. The van der Waals surface area contributed by atoms with E-state index in [-0.39, 0.29) is 17.2 Å². The van der Waals surface area contributed by atoms with E-state index in [1.165, 1.54) is 30.3 Å². The second kappa shape index (κ2) is 8.05. The molecule has 0 fully saturated rings. The van der Waals surface area contributed by atoms with Crippen LogP contribution in [-0.4, -0.2) is 38.7 Å². The third kappa shape index (κ3) is 5.05. The Morgan fingerprint density at radius 1 is 0.583 bits per heavy atom. The lowest BCUT2D eigenvalue weighted by Crippen LogP contribution is -2.01. The van der Waals surface area contributed by atoms with Crippen molar-refractivity contribution in [3.05, 3.63) is 30.3 Å². The fraction of sp³-hybridized carbons (Fsp3) is 0.294. The molecule has 7 heteroatoms. The highest BCUT2D eigenvalue weighted by Gasteiger charge is 2.08. The first kappa shape index (κ1) is 17.4. The quantitative estimate of drug-likeness (QED) is 0.371. The second-order valence-corrected chi connectivity index (χ2v) is 5.25. The van der Waals surface area contributed by atoms with Crippen LogP contribution in [0, 0.1) is 0 Å². The highest BCUT2D eigenvalue weighted by Crippen LogP contribution is 2.38. The van der Waals surface area contributed by atoms with E-state index in [2.05, 4.69) is 0 Å². The summed E-state index contributed by atoms with van der Waals surface area (Å²) >= 11 is 0. The van der Waals surface area contributed by atoms with Crippen LogP contribution in [0.4, 0.5) is 0 Å². The Balaban J connectivity index is 1.63. The largest absolute Gasteiger partial charge is 0.508 e. The molecule has 0 atom stereocenters. The summed E-state index contributed by atoms with van der Waals surface area (Å²) in [5.41, 5.74) is 0. The Hall–Kier alpha value is -2.96. The summed E-state index contributed by atoms with van der Waals surface area (Å²) < 4.78 is 10.8. The van der Waals surface area contributed by atoms with Gasteiger partial charge in [-0.1, -0.05) is 0 Å². The number of ether oxygens (including phenoxy) is 2. The summed E-state index contributed by atoms with van der Waals surface area (Å²) in [4.78, 5) is 0. The summed E-state index contributed by atoms with van der Waals surface area (Å²) in [6, 6.07) is 6.53. The van der Waals surface area contributed by atoms with Crippen LogP contribution in [0.5, 0.6) is 40.2 Å². The van der Waals surface area contributed by atoms with Crippen molar-refractivity contribution in [1.29, 1.82) is 0 Å². The van der Waals surface area contributed by atoms with Crippen molar-refractivity contribution in [2.75, 3.05) is 13.2 Å². The van der Waals surface area contributed by atoms with Gasteiger partial charge < -0.3 is 35.0 Å². The van der Waals surface area contributed by atoms with E-state index in [0.29, 0.717) is 19.0 Å². The molecule has 0 aliphatic rings. The van der Waals surface area contributed by atoms with Gasteiger partial charge in [0, 0.05) is 30.3 Å². The Morgan fingerprint density at radius 3 is 1.54 bits per heavy atom. The Labute approximate surface area is 139 Å². The van der Waals surface area contributed by atoms with Crippen molar-refractivity contribution in [2.24, 2.45) is 0 Å². The number of rotatable bonds is 8. The minimum absolute atomic E-state index is 0.0567. The first-order chi connectivity index (χ1) is 11.5. The maximum absolute atomic E-state index is 9.36. The average molecular weight is 336 g/mol. The van der Waals surface area contributed by atoms with Gasteiger partial charge in [-0.2, -0.15) is 0 Å². The predicted octanol–water partition coefficient (Wildman–Crippen LogP) is 2.84. The van der Waals surface area contributed by atoms with E-state index in [1.807, 2.05) is 0 Å². The smallest absolute Gasteiger partial charge is 0.200 e. The lowest BCUT2D eigenvalue weighted by Gasteiger charge is -2.09. The summed E-state index contributed by atoms with van der Waals surface area (Å²) in [5.74, 6) is -0.885. The monoisotopic (exact) mass is 336 g/mol. The van der Waals surface area contributed by atoms with Crippen molar-refractivity contribution in [2.45, 2.75) is 19.3 Å². The molecule has 0 aromatic heterocycles. The van der Waals surface area contributed by atoms with Crippen LogP contribution in [0.25, 0.3) is 0 Å². The molecule has 0 radical (unpaired) electrons. The summed E-state index contributed by atoms with van der Waals surface area (Å²) in [6.45, 7) is 0.820. The molecule has 130 valence electrons. The van der Waals surface area contributed by atoms with E-state index in [4.69, 9.17) is 9.47 Å². The van der Waals surface area contributed by atoms with E-state index < -0.39 is 17.2 Å². The lowest BCUT2D eigenvalue weighted by atomic mass is 10.2. The van der Waals surface area contributed by atoms with Gasteiger partial charge in [0.1, 0.15) is 23.0 Å². The lowest BCUT2D eigenvalue weighted by molar-refractivity contribution is 0.275. The number of benzene rings is 2. The van der Waals surface area contributed by atoms with Gasteiger partial charge in [-0.3, -0.25) is 0 Å². The van der Waals surface area contributed by atoms with Gasteiger partial charge in [0.25, 0.3) is 0 Å². The molecule has 0 bridgehead atoms. The van der Waals surface area contributed by atoms with Crippen LogP contribution < -0.4 is 9.47 Å². The van der Waals surface area contributed by atoms with E-state index in [1.54, 1.807) is 0 Å². The molecule has 24 heavy (non-hydrogen) atoms. The summed E-state index contributed by atoms with van der Waals surface area (Å²) in [5, 5.41) is 46.6. The molecule has 2 aromatic carbocycles. The zero-order valence-electron chi connectivity index (χ0n) is 13.0. The fourth-order valence-corrected chi connectivity index (χ4v) is 2.07. The molecule has 0 aliphatic heterocycles. The second-order valence-electron chi connectivity index (χ2n) is 5.25.